The van der Waals surface area contributed by atoms with Crippen molar-refractivity contribution in [3.63, 3.8) is 0 Å². The van der Waals surface area contributed by atoms with E-state index in [0.717, 1.165) is 38.7 Å². The number of ether oxygens (including phenoxy) is 1. The Kier molecular flexibility index (Phi) is 4.18. The summed E-state index contributed by atoms with van der Waals surface area (Å²) >= 11 is 0. The summed E-state index contributed by atoms with van der Waals surface area (Å²) in [6.07, 6.45) is 6.45. The fraction of sp³-hybridized carbons (Fsp3) is 0.917. The fourth-order valence-electron chi connectivity index (χ4n) is 2.58. The molecule has 92 valence electrons. The van der Waals surface area contributed by atoms with Gasteiger partial charge in [-0.2, -0.15) is 0 Å². The molecule has 3 unspecified atom stereocenters. The summed E-state index contributed by atoms with van der Waals surface area (Å²) in [6, 6.07) is 0.224. The summed E-state index contributed by atoms with van der Waals surface area (Å²) in [5.41, 5.74) is 5.80. The number of rotatable bonds is 3. The van der Waals surface area contributed by atoms with Gasteiger partial charge in [0.1, 0.15) is 0 Å². The van der Waals surface area contributed by atoms with E-state index in [-0.39, 0.29) is 24.0 Å². The van der Waals surface area contributed by atoms with Crippen LogP contribution in [0.5, 0.6) is 0 Å². The molecule has 0 radical (unpaired) electrons. The normalized spacial score (nSPS) is 34.9. The Bertz CT molecular complexity index is 239. The third kappa shape index (κ3) is 3.19. The van der Waals surface area contributed by atoms with Crippen LogP contribution in [0.15, 0.2) is 0 Å². The van der Waals surface area contributed by atoms with E-state index >= 15 is 0 Å². The van der Waals surface area contributed by atoms with Gasteiger partial charge in [0.2, 0.25) is 5.91 Å². The summed E-state index contributed by atoms with van der Waals surface area (Å²) in [7, 11) is 0. The van der Waals surface area contributed by atoms with Gasteiger partial charge in [-0.1, -0.05) is 0 Å². The minimum Gasteiger partial charge on any atom is -0.376 e. The number of amides is 1. The van der Waals surface area contributed by atoms with E-state index in [1.54, 1.807) is 0 Å². The van der Waals surface area contributed by atoms with Gasteiger partial charge in [-0.15, -0.1) is 0 Å². The van der Waals surface area contributed by atoms with Crippen LogP contribution in [0.3, 0.4) is 0 Å². The first kappa shape index (κ1) is 11.9. The summed E-state index contributed by atoms with van der Waals surface area (Å²) < 4.78 is 5.57. The van der Waals surface area contributed by atoms with Crippen LogP contribution in [0.1, 0.15) is 38.5 Å². The molecular formula is C12H22N2O2. The van der Waals surface area contributed by atoms with Gasteiger partial charge in [0.25, 0.3) is 0 Å². The zero-order valence-corrected chi connectivity index (χ0v) is 9.78. The summed E-state index contributed by atoms with van der Waals surface area (Å²) in [4.78, 5) is 11.8. The van der Waals surface area contributed by atoms with Gasteiger partial charge >= 0.3 is 0 Å². The maximum atomic E-state index is 11.8. The highest BCUT2D eigenvalue weighted by atomic mass is 16.5. The van der Waals surface area contributed by atoms with Crippen molar-refractivity contribution in [2.75, 3.05) is 13.2 Å². The van der Waals surface area contributed by atoms with Crippen LogP contribution < -0.4 is 11.1 Å². The van der Waals surface area contributed by atoms with Crippen LogP contribution in [0.25, 0.3) is 0 Å². The smallest absolute Gasteiger partial charge is 0.223 e. The number of nitrogens with one attached hydrogen (secondary N) is 1. The lowest BCUT2D eigenvalue weighted by Crippen LogP contribution is -2.38. The average Bonchev–Trinajstić information content (AvgIpc) is 2.74. The third-order valence-electron chi connectivity index (χ3n) is 3.62. The highest BCUT2D eigenvalue weighted by molar-refractivity contribution is 5.79. The summed E-state index contributed by atoms with van der Waals surface area (Å²) in [6.45, 7) is 1.51. The van der Waals surface area contributed by atoms with Crippen LogP contribution in [0.4, 0.5) is 0 Å². The molecule has 1 saturated carbocycles. The van der Waals surface area contributed by atoms with E-state index in [1.807, 2.05) is 0 Å². The highest BCUT2D eigenvalue weighted by Gasteiger charge is 2.28. The second kappa shape index (κ2) is 5.64. The zero-order chi connectivity index (χ0) is 11.4. The molecule has 3 N–H and O–H groups in total. The van der Waals surface area contributed by atoms with Crippen molar-refractivity contribution in [1.29, 1.82) is 0 Å². The van der Waals surface area contributed by atoms with E-state index in [0.29, 0.717) is 6.54 Å². The van der Waals surface area contributed by atoms with Gasteiger partial charge in [0.05, 0.1) is 6.10 Å². The van der Waals surface area contributed by atoms with Crippen molar-refractivity contribution in [2.24, 2.45) is 11.7 Å². The Hall–Kier alpha value is -0.610. The molecule has 1 saturated heterocycles. The van der Waals surface area contributed by atoms with Crippen molar-refractivity contribution in [3.05, 3.63) is 0 Å². The second-order valence-electron chi connectivity index (χ2n) is 5.00. The number of hydrogen-bond donors (Lipinski definition) is 2. The third-order valence-corrected chi connectivity index (χ3v) is 3.62. The first-order valence-corrected chi connectivity index (χ1v) is 6.40. The Morgan fingerprint density at radius 2 is 2.19 bits per heavy atom. The van der Waals surface area contributed by atoms with Crippen molar-refractivity contribution in [3.8, 4) is 0 Å². The predicted octanol–water partition coefficient (Wildman–Crippen LogP) is 0.799. The molecule has 1 amide bonds. The number of hydrogen-bond acceptors (Lipinski definition) is 3. The lowest BCUT2D eigenvalue weighted by atomic mass is 10.1. The average molecular weight is 226 g/mol. The maximum Gasteiger partial charge on any atom is 0.223 e. The highest BCUT2D eigenvalue weighted by Crippen LogP contribution is 2.24. The molecular weight excluding hydrogens is 204 g/mol. The Labute approximate surface area is 96.9 Å². The molecule has 1 aliphatic heterocycles. The topological polar surface area (TPSA) is 64.4 Å². The Balaban J connectivity index is 1.67. The second-order valence-corrected chi connectivity index (χ2v) is 5.00. The van der Waals surface area contributed by atoms with E-state index < -0.39 is 0 Å². The molecule has 2 fully saturated rings. The molecule has 0 aromatic carbocycles. The lowest BCUT2D eigenvalue weighted by molar-refractivity contribution is -0.125. The van der Waals surface area contributed by atoms with Gasteiger partial charge in [-0.25, -0.2) is 0 Å². The van der Waals surface area contributed by atoms with E-state index in [2.05, 4.69) is 5.32 Å². The molecule has 0 aromatic rings. The number of carbonyl (C=O) groups excluding carboxylic acids is 1. The maximum absolute atomic E-state index is 11.8. The van der Waals surface area contributed by atoms with Crippen molar-refractivity contribution in [2.45, 2.75) is 50.7 Å². The molecule has 3 atom stereocenters. The van der Waals surface area contributed by atoms with Crippen molar-refractivity contribution in [1.82, 2.24) is 5.32 Å². The molecule has 1 aliphatic carbocycles. The molecule has 0 aromatic heterocycles. The molecule has 1 heterocycles. The molecule has 4 heteroatoms. The standard InChI is InChI=1S/C12H22N2O2/c13-10-5-4-9(7-10)12(15)14-8-11-3-1-2-6-16-11/h9-11H,1-8,13H2,(H,14,15). The Morgan fingerprint density at radius 3 is 2.81 bits per heavy atom. The minimum atomic E-state index is 0.138. The summed E-state index contributed by atoms with van der Waals surface area (Å²) in [5.74, 6) is 0.306. The van der Waals surface area contributed by atoms with Crippen LogP contribution >= 0.6 is 0 Å². The number of nitrogens with two attached hydrogens (primary N) is 1. The first-order valence-electron chi connectivity index (χ1n) is 6.40. The SMILES string of the molecule is NC1CCC(C(=O)NCC2CCCCO2)C1. The van der Waals surface area contributed by atoms with Crippen LogP contribution in [0, 0.1) is 5.92 Å². The van der Waals surface area contributed by atoms with E-state index in [9.17, 15) is 4.79 Å². The van der Waals surface area contributed by atoms with Crippen molar-refractivity contribution >= 4 is 5.91 Å². The quantitative estimate of drug-likeness (QED) is 0.748. The lowest BCUT2D eigenvalue weighted by Gasteiger charge is -2.23. The van der Waals surface area contributed by atoms with E-state index in [4.69, 9.17) is 10.5 Å². The molecule has 0 bridgehead atoms. The molecule has 2 aliphatic rings. The summed E-state index contributed by atoms with van der Waals surface area (Å²) in [5, 5.41) is 3.00. The van der Waals surface area contributed by atoms with Crippen LogP contribution in [-0.2, 0) is 9.53 Å². The van der Waals surface area contributed by atoms with Crippen LogP contribution in [-0.4, -0.2) is 31.2 Å². The predicted molar refractivity (Wildman–Crippen MR) is 61.9 cm³/mol. The fourth-order valence-corrected chi connectivity index (χ4v) is 2.58. The number of carbonyl (C=O) groups is 1. The molecule has 2 rings (SSSR count). The van der Waals surface area contributed by atoms with Gasteiger partial charge < -0.3 is 15.8 Å². The van der Waals surface area contributed by atoms with Gasteiger partial charge in [-0.3, -0.25) is 4.79 Å². The Morgan fingerprint density at radius 1 is 1.31 bits per heavy atom. The van der Waals surface area contributed by atoms with Gasteiger partial charge in [0, 0.05) is 25.1 Å². The van der Waals surface area contributed by atoms with Crippen molar-refractivity contribution < 1.29 is 9.53 Å². The first-order chi connectivity index (χ1) is 7.75. The largest absolute Gasteiger partial charge is 0.376 e. The van der Waals surface area contributed by atoms with Gasteiger partial charge in [0.15, 0.2) is 0 Å². The molecule has 0 spiro atoms. The molecule has 16 heavy (non-hydrogen) atoms. The van der Waals surface area contributed by atoms with E-state index in [1.165, 1.54) is 6.42 Å². The van der Waals surface area contributed by atoms with Gasteiger partial charge in [-0.05, 0) is 38.5 Å². The molecule has 4 nitrogen and oxygen atoms in total. The monoisotopic (exact) mass is 226 g/mol. The zero-order valence-electron chi connectivity index (χ0n) is 9.78. The van der Waals surface area contributed by atoms with Crippen LogP contribution in [0.2, 0.25) is 0 Å². The minimum absolute atomic E-state index is 0.138.